The zero-order chi connectivity index (χ0) is 41.9. The number of nitrogen functional groups attached to an aromatic ring is 1. The van der Waals surface area contributed by atoms with Crippen molar-refractivity contribution in [1.82, 2.24) is 9.97 Å². The summed E-state index contributed by atoms with van der Waals surface area (Å²) in [5, 5.41) is 0.758. The van der Waals surface area contributed by atoms with Crippen LogP contribution >= 0.6 is 0 Å². The molecular weight excluding hydrogens is 772 g/mol. The number of alkyl halides is 3. The standard InChI is InChI=1S/C40H51F5N4O7Si/c1-9-53-31(50)20-52-16-13-26-29(41)12-11-24-17-25(55-23-51-6)18-27(32(24)26)33-30(46)19-28-35(34(33)42)47-37(54-22-40(43,44)45)48-36(28)49-15-10-14-39(5,21-49)56-57(7,8)38(2,3)4/h11-12,17-19H,9-10,13-16,20-23,46H2,1-8H3/t39-/m1/s1. The molecule has 0 amide bonds. The zero-order valence-corrected chi connectivity index (χ0v) is 34.6. The summed E-state index contributed by atoms with van der Waals surface area (Å²) in [5.41, 5.74) is 5.68. The molecule has 11 nitrogen and oxygen atoms in total. The first-order valence-corrected chi connectivity index (χ1v) is 21.6. The lowest BCUT2D eigenvalue weighted by Crippen LogP contribution is -2.55. The van der Waals surface area contributed by atoms with Gasteiger partial charge in [0.1, 0.15) is 29.5 Å². The molecule has 0 bridgehead atoms. The average molecular weight is 823 g/mol. The number of carbonyl (C=O) groups excluding carboxylic acids is 1. The lowest BCUT2D eigenvalue weighted by atomic mass is 9.90. The first kappa shape index (κ1) is 43.8. The molecule has 17 heteroatoms. The van der Waals surface area contributed by atoms with E-state index in [9.17, 15) is 18.0 Å². The van der Waals surface area contributed by atoms with E-state index < -0.39 is 50.3 Å². The fraction of sp³-hybridized carbons (Fsp3) is 0.525. The highest BCUT2D eigenvalue weighted by molar-refractivity contribution is 6.74. The van der Waals surface area contributed by atoms with Crippen molar-refractivity contribution in [3.8, 4) is 22.9 Å². The monoisotopic (exact) mass is 822 g/mol. The van der Waals surface area contributed by atoms with Gasteiger partial charge in [0, 0.05) is 36.8 Å². The van der Waals surface area contributed by atoms with Crippen molar-refractivity contribution in [1.29, 1.82) is 0 Å². The van der Waals surface area contributed by atoms with Crippen molar-refractivity contribution < 1.29 is 54.9 Å². The van der Waals surface area contributed by atoms with Crippen molar-refractivity contribution in [2.24, 2.45) is 0 Å². The summed E-state index contributed by atoms with van der Waals surface area (Å²) < 4.78 is 107. The molecular formula is C40H51F5N4O7Si. The summed E-state index contributed by atoms with van der Waals surface area (Å²) in [6.45, 7) is 12.9. The van der Waals surface area contributed by atoms with E-state index in [2.05, 4.69) is 43.8 Å². The third-order valence-corrected chi connectivity index (χ3v) is 14.9. The van der Waals surface area contributed by atoms with E-state index >= 15 is 8.78 Å². The SMILES string of the molecule is CCOC(=O)COCCc1c(F)ccc2cc(OCOC)cc(-c3c(N)cc4c(N5CCC[C@@](C)(O[Si](C)(C)C(C)(C)C)C5)nc(OCC(F)(F)F)nc4c3F)c12. The number of halogens is 5. The molecule has 0 radical (unpaired) electrons. The molecule has 312 valence electrons. The Hall–Kier alpha value is -4.32. The van der Waals surface area contributed by atoms with Crippen LogP contribution in [0.3, 0.4) is 0 Å². The average Bonchev–Trinajstić information content (AvgIpc) is 3.11. The predicted octanol–water partition coefficient (Wildman–Crippen LogP) is 8.74. The molecule has 1 atom stereocenters. The third-order valence-electron chi connectivity index (χ3n) is 10.3. The van der Waals surface area contributed by atoms with Gasteiger partial charge in [0.15, 0.2) is 27.5 Å². The van der Waals surface area contributed by atoms with Gasteiger partial charge in [-0.3, -0.25) is 0 Å². The lowest BCUT2D eigenvalue weighted by Gasteiger charge is -2.48. The number of methoxy groups -OCH3 is 1. The molecule has 1 aliphatic heterocycles. The van der Waals surface area contributed by atoms with Gasteiger partial charge in [-0.15, -0.1) is 0 Å². The molecule has 2 N–H and O–H groups in total. The van der Waals surface area contributed by atoms with Gasteiger partial charge in [0.25, 0.3) is 0 Å². The summed E-state index contributed by atoms with van der Waals surface area (Å²) in [4.78, 5) is 22.3. The van der Waals surface area contributed by atoms with Crippen LogP contribution in [0.25, 0.3) is 32.8 Å². The minimum Gasteiger partial charge on any atom is -0.468 e. The number of esters is 1. The van der Waals surface area contributed by atoms with Crippen LogP contribution in [0.5, 0.6) is 11.8 Å². The van der Waals surface area contributed by atoms with Crippen LogP contribution in [0.15, 0.2) is 30.3 Å². The lowest BCUT2D eigenvalue weighted by molar-refractivity contribution is -0.154. The summed E-state index contributed by atoms with van der Waals surface area (Å²) in [7, 11) is -0.859. The second-order valence-corrected chi connectivity index (χ2v) is 20.6. The van der Waals surface area contributed by atoms with E-state index in [1.807, 2.05) is 11.8 Å². The number of nitrogens with zero attached hydrogens (tertiary/aromatic N) is 3. The molecule has 1 aromatic heterocycles. The molecule has 0 aliphatic carbocycles. The van der Waals surface area contributed by atoms with Gasteiger partial charge in [0.05, 0.1) is 18.8 Å². The molecule has 3 aromatic carbocycles. The van der Waals surface area contributed by atoms with Gasteiger partial charge < -0.3 is 38.7 Å². The number of nitrogens with two attached hydrogens (primary N) is 1. The Morgan fingerprint density at radius 3 is 2.47 bits per heavy atom. The number of piperidine rings is 1. The minimum absolute atomic E-state index is 0.0324. The van der Waals surface area contributed by atoms with Crippen molar-refractivity contribution >= 4 is 47.5 Å². The fourth-order valence-electron chi connectivity index (χ4n) is 6.85. The first-order chi connectivity index (χ1) is 26.7. The van der Waals surface area contributed by atoms with E-state index in [1.165, 1.54) is 31.4 Å². The Morgan fingerprint density at radius 1 is 1.07 bits per heavy atom. The van der Waals surface area contributed by atoms with Gasteiger partial charge in [-0.25, -0.2) is 13.6 Å². The summed E-state index contributed by atoms with van der Waals surface area (Å²) in [5.74, 6) is -1.84. The highest BCUT2D eigenvalue weighted by Crippen LogP contribution is 2.45. The first-order valence-electron chi connectivity index (χ1n) is 18.7. The van der Waals surface area contributed by atoms with E-state index in [-0.39, 0.29) is 88.3 Å². The largest absolute Gasteiger partial charge is 0.468 e. The molecule has 4 aromatic rings. The number of benzene rings is 3. The number of hydrogen-bond donors (Lipinski definition) is 1. The van der Waals surface area contributed by atoms with Crippen molar-refractivity contribution in [2.75, 3.05) is 64.1 Å². The Bertz CT molecular complexity index is 2100. The van der Waals surface area contributed by atoms with Crippen LogP contribution in [0.1, 0.15) is 53.0 Å². The number of anilines is 2. The van der Waals surface area contributed by atoms with Gasteiger partial charge >= 0.3 is 18.2 Å². The van der Waals surface area contributed by atoms with Gasteiger partial charge in [-0.05, 0) is 97.4 Å². The molecule has 0 unspecified atom stereocenters. The van der Waals surface area contributed by atoms with Gasteiger partial charge in [-0.1, -0.05) is 26.8 Å². The van der Waals surface area contributed by atoms with E-state index in [0.29, 0.717) is 24.9 Å². The molecule has 1 saturated heterocycles. The number of aromatic nitrogens is 2. The van der Waals surface area contributed by atoms with Crippen molar-refractivity contribution in [3.05, 3.63) is 47.5 Å². The minimum atomic E-state index is -4.73. The number of fused-ring (bicyclic) bond motifs is 2. The number of carbonyl (C=O) groups is 1. The molecule has 1 fully saturated rings. The van der Waals surface area contributed by atoms with Crippen LogP contribution in [-0.4, -0.2) is 89.5 Å². The topological polar surface area (TPSA) is 127 Å². The molecule has 5 rings (SSSR count). The molecule has 0 spiro atoms. The Balaban J connectivity index is 1.70. The highest BCUT2D eigenvalue weighted by Gasteiger charge is 2.45. The second-order valence-electron chi connectivity index (χ2n) is 15.9. The maximum atomic E-state index is 17.4. The molecule has 57 heavy (non-hydrogen) atoms. The summed E-state index contributed by atoms with van der Waals surface area (Å²) >= 11 is 0. The smallest absolute Gasteiger partial charge is 0.422 e. The second kappa shape index (κ2) is 17.3. The van der Waals surface area contributed by atoms with Crippen LogP contribution < -0.4 is 20.1 Å². The Labute approximate surface area is 330 Å². The highest BCUT2D eigenvalue weighted by atomic mass is 28.4. The normalized spacial score (nSPS) is 16.7. The fourth-order valence-corrected chi connectivity index (χ4v) is 8.55. The third kappa shape index (κ3) is 10.2. The van der Waals surface area contributed by atoms with Crippen LogP contribution in [-0.2, 0) is 29.9 Å². The Morgan fingerprint density at radius 2 is 1.81 bits per heavy atom. The van der Waals surface area contributed by atoms with Gasteiger partial charge in [-0.2, -0.15) is 23.1 Å². The van der Waals surface area contributed by atoms with E-state index in [0.717, 1.165) is 6.42 Å². The Kier molecular flexibility index (Phi) is 13.3. The number of rotatable bonds is 15. The van der Waals surface area contributed by atoms with Crippen LogP contribution in [0.4, 0.5) is 33.5 Å². The number of ether oxygens (including phenoxy) is 5. The predicted molar refractivity (Wildman–Crippen MR) is 210 cm³/mol. The maximum absolute atomic E-state index is 17.4. The van der Waals surface area contributed by atoms with Crippen molar-refractivity contribution in [2.45, 2.75) is 83.8 Å². The zero-order valence-electron chi connectivity index (χ0n) is 33.6. The van der Waals surface area contributed by atoms with Crippen LogP contribution in [0, 0.1) is 11.6 Å². The molecule has 1 aliphatic rings. The maximum Gasteiger partial charge on any atom is 0.422 e. The van der Waals surface area contributed by atoms with Gasteiger partial charge in [0.2, 0.25) is 0 Å². The number of hydrogen-bond acceptors (Lipinski definition) is 11. The molecule has 0 saturated carbocycles. The summed E-state index contributed by atoms with van der Waals surface area (Å²) in [6, 6.07) is 6.62. The quantitative estimate of drug-likeness (QED) is 0.0309. The van der Waals surface area contributed by atoms with E-state index in [1.54, 1.807) is 13.0 Å². The van der Waals surface area contributed by atoms with Crippen molar-refractivity contribution in [3.63, 3.8) is 0 Å². The molecule has 2 heterocycles. The van der Waals surface area contributed by atoms with E-state index in [4.69, 9.17) is 33.8 Å². The van der Waals surface area contributed by atoms with Crippen LogP contribution in [0.2, 0.25) is 18.1 Å². The summed E-state index contributed by atoms with van der Waals surface area (Å²) in [6.07, 6.45) is -3.39.